The molecule has 1 heterocycles. The summed E-state index contributed by atoms with van der Waals surface area (Å²) in [6.45, 7) is 1.05. The summed E-state index contributed by atoms with van der Waals surface area (Å²) in [6.07, 6.45) is -4.34. The molecule has 3 nitrogen and oxygen atoms in total. The van der Waals surface area contributed by atoms with E-state index in [0.717, 1.165) is 12.1 Å². The molecule has 104 valence electrons. The van der Waals surface area contributed by atoms with Crippen molar-refractivity contribution in [3.8, 4) is 0 Å². The van der Waals surface area contributed by atoms with Crippen LogP contribution in [0.2, 0.25) is 0 Å². The van der Waals surface area contributed by atoms with Crippen LogP contribution >= 0.6 is 0 Å². The molecule has 0 saturated carbocycles. The van der Waals surface area contributed by atoms with Crippen molar-refractivity contribution in [2.75, 3.05) is 20.2 Å². The van der Waals surface area contributed by atoms with Crippen LogP contribution in [-0.2, 0) is 15.7 Å². The number of carbonyl (C=O) groups is 1. The van der Waals surface area contributed by atoms with Gasteiger partial charge in [-0.3, -0.25) is 4.79 Å². The fraction of sp³-hybridized carbons (Fsp3) is 0.462. The zero-order valence-corrected chi connectivity index (χ0v) is 10.3. The minimum absolute atomic E-state index is 0.144. The van der Waals surface area contributed by atoms with Gasteiger partial charge in [0.2, 0.25) is 0 Å². The lowest BCUT2D eigenvalue weighted by Crippen LogP contribution is -2.23. The van der Waals surface area contributed by atoms with E-state index in [9.17, 15) is 18.0 Å². The molecule has 2 rings (SSSR count). The summed E-state index contributed by atoms with van der Waals surface area (Å²) in [5, 5.41) is 3.06. The number of esters is 1. The van der Waals surface area contributed by atoms with E-state index in [4.69, 9.17) is 4.74 Å². The molecule has 0 aromatic heterocycles. The van der Waals surface area contributed by atoms with E-state index in [2.05, 4.69) is 5.32 Å². The molecule has 19 heavy (non-hydrogen) atoms. The highest BCUT2D eigenvalue weighted by Crippen LogP contribution is 2.33. The average Bonchev–Trinajstić information content (AvgIpc) is 2.86. The minimum atomic E-state index is -4.34. The maximum Gasteiger partial charge on any atom is 0.416 e. The quantitative estimate of drug-likeness (QED) is 0.839. The summed E-state index contributed by atoms with van der Waals surface area (Å²) in [5.41, 5.74) is 0.0326. The first-order valence-corrected chi connectivity index (χ1v) is 5.89. The normalized spacial score (nSPS) is 23.4. The number of carbonyl (C=O) groups excluding carboxylic acids is 1. The molecule has 0 radical (unpaired) electrons. The zero-order chi connectivity index (χ0) is 14.0. The highest BCUT2D eigenvalue weighted by molar-refractivity contribution is 5.74. The van der Waals surface area contributed by atoms with Crippen LogP contribution in [0.5, 0.6) is 0 Å². The van der Waals surface area contributed by atoms with Gasteiger partial charge in [-0.15, -0.1) is 0 Å². The molecular formula is C13H14F3NO2. The summed E-state index contributed by atoms with van der Waals surface area (Å²) in [7, 11) is 1.31. The number of nitrogens with one attached hydrogen (secondary N) is 1. The molecule has 0 aliphatic carbocycles. The van der Waals surface area contributed by atoms with E-state index < -0.39 is 11.7 Å². The number of benzene rings is 1. The highest BCUT2D eigenvalue weighted by atomic mass is 19.4. The summed E-state index contributed by atoms with van der Waals surface area (Å²) in [5.74, 6) is -0.827. The molecule has 1 aliphatic heterocycles. The van der Waals surface area contributed by atoms with E-state index >= 15 is 0 Å². The Hall–Kier alpha value is -1.56. The number of rotatable bonds is 2. The van der Waals surface area contributed by atoms with E-state index in [0.29, 0.717) is 18.7 Å². The molecule has 2 atom stereocenters. The SMILES string of the molecule is COC(=O)[C@@H]1CNCC1c1ccc(C(F)(F)F)cc1. The lowest BCUT2D eigenvalue weighted by Gasteiger charge is -2.17. The van der Waals surface area contributed by atoms with Crippen LogP contribution in [0.25, 0.3) is 0 Å². The number of halogens is 3. The Bertz CT molecular complexity index is 456. The monoisotopic (exact) mass is 273 g/mol. The Morgan fingerprint density at radius 2 is 1.89 bits per heavy atom. The van der Waals surface area contributed by atoms with Gasteiger partial charge in [-0.1, -0.05) is 12.1 Å². The standard InChI is InChI=1S/C13H14F3NO2/c1-19-12(18)11-7-17-6-10(11)8-2-4-9(5-3-8)13(14,15)16/h2-5,10-11,17H,6-7H2,1H3/t10?,11-/m1/s1. The first-order valence-electron chi connectivity index (χ1n) is 5.89. The number of alkyl halides is 3. The van der Waals surface area contributed by atoms with Crippen molar-refractivity contribution in [3.63, 3.8) is 0 Å². The minimum Gasteiger partial charge on any atom is -0.469 e. The number of hydrogen-bond donors (Lipinski definition) is 1. The average molecular weight is 273 g/mol. The second-order valence-corrected chi connectivity index (χ2v) is 4.51. The van der Waals surface area contributed by atoms with Gasteiger partial charge in [0, 0.05) is 19.0 Å². The van der Waals surface area contributed by atoms with Gasteiger partial charge >= 0.3 is 12.1 Å². The van der Waals surface area contributed by atoms with E-state index in [1.165, 1.54) is 19.2 Å². The van der Waals surface area contributed by atoms with Crippen LogP contribution in [0, 0.1) is 5.92 Å². The number of methoxy groups -OCH3 is 1. The van der Waals surface area contributed by atoms with Crippen molar-refractivity contribution in [2.45, 2.75) is 12.1 Å². The topological polar surface area (TPSA) is 38.3 Å². The van der Waals surface area contributed by atoms with Crippen molar-refractivity contribution in [1.82, 2.24) is 5.32 Å². The maximum absolute atomic E-state index is 12.5. The molecular weight excluding hydrogens is 259 g/mol. The fourth-order valence-corrected chi connectivity index (χ4v) is 2.35. The van der Waals surface area contributed by atoms with Gasteiger partial charge in [-0.05, 0) is 17.7 Å². The van der Waals surface area contributed by atoms with Crippen molar-refractivity contribution >= 4 is 5.97 Å². The smallest absolute Gasteiger partial charge is 0.416 e. The third-order valence-electron chi connectivity index (χ3n) is 3.38. The molecule has 1 aromatic rings. The van der Waals surface area contributed by atoms with E-state index in [1.807, 2.05) is 0 Å². The summed E-state index contributed by atoms with van der Waals surface area (Å²) in [6, 6.07) is 4.94. The second-order valence-electron chi connectivity index (χ2n) is 4.51. The predicted molar refractivity (Wildman–Crippen MR) is 62.6 cm³/mol. The van der Waals surface area contributed by atoms with Gasteiger partial charge in [-0.25, -0.2) is 0 Å². The van der Waals surface area contributed by atoms with Gasteiger partial charge in [0.05, 0.1) is 18.6 Å². The molecule has 1 unspecified atom stereocenters. The molecule has 1 saturated heterocycles. The van der Waals surface area contributed by atoms with Crippen LogP contribution in [0.4, 0.5) is 13.2 Å². The fourth-order valence-electron chi connectivity index (χ4n) is 2.35. The van der Waals surface area contributed by atoms with Gasteiger partial charge in [0.25, 0.3) is 0 Å². The largest absolute Gasteiger partial charge is 0.469 e. The predicted octanol–water partition coefficient (Wildman–Crippen LogP) is 2.18. The Morgan fingerprint density at radius 3 is 2.42 bits per heavy atom. The number of ether oxygens (including phenoxy) is 1. The molecule has 6 heteroatoms. The lowest BCUT2D eigenvalue weighted by molar-refractivity contribution is -0.145. The van der Waals surface area contributed by atoms with Crippen molar-refractivity contribution in [1.29, 1.82) is 0 Å². The third kappa shape index (κ3) is 2.89. The molecule has 1 fully saturated rings. The van der Waals surface area contributed by atoms with Gasteiger partial charge in [-0.2, -0.15) is 13.2 Å². The lowest BCUT2D eigenvalue weighted by atomic mass is 9.88. The van der Waals surface area contributed by atoms with Gasteiger partial charge in [0.1, 0.15) is 0 Å². The van der Waals surface area contributed by atoms with Crippen LogP contribution in [0.1, 0.15) is 17.0 Å². The maximum atomic E-state index is 12.5. The summed E-state index contributed by atoms with van der Waals surface area (Å²) >= 11 is 0. The highest BCUT2D eigenvalue weighted by Gasteiger charge is 2.35. The summed E-state index contributed by atoms with van der Waals surface area (Å²) in [4.78, 5) is 11.6. The third-order valence-corrected chi connectivity index (χ3v) is 3.38. The molecule has 0 amide bonds. The second kappa shape index (κ2) is 5.21. The molecule has 1 aliphatic rings. The Balaban J connectivity index is 2.20. The van der Waals surface area contributed by atoms with Crippen LogP contribution in [0.15, 0.2) is 24.3 Å². The van der Waals surface area contributed by atoms with Gasteiger partial charge in [0.15, 0.2) is 0 Å². The van der Waals surface area contributed by atoms with Crippen molar-refractivity contribution in [2.24, 2.45) is 5.92 Å². The molecule has 0 bridgehead atoms. The van der Waals surface area contributed by atoms with E-state index in [-0.39, 0.29) is 17.8 Å². The molecule has 1 aromatic carbocycles. The molecule has 1 N–H and O–H groups in total. The van der Waals surface area contributed by atoms with Crippen molar-refractivity contribution in [3.05, 3.63) is 35.4 Å². The van der Waals surface area contributed by atoms with Crippen molar-refractivity contribution < 1.29 is 22.7 Å². The Kier molecular flexibility index (Phi) is 3.80. The van der Waals surface area contributed by atoms with E-state index in [1.54, 1.807) is 0 Å². The van der Waals surface area contributed by atoms with Gasteiger partial charge < -0.3 is 10.1 Å². The zero-order valence-electron chi connectivity index (χ0n) is 10.3. The van der Waals surface area contributed by atoms with Crippen LogP contribution in [-0.4, -0.2) is 26.2 Å². The first kappa shape index (κ1) is 13.9. The Labute approximate surface area is 108 Å². The first-order chi connectivity index (χ1) is 8.93. The molecule has 0 spiro atoms. The summed E-state index contributed by atoms with van der Waals surface area (Å²) < 4.78 is 42.1. The Morgan fingerprint density at radius 1 is 1.26 bits per heavy atom. The van der Waals surface area contributed by atoms with Crippen LogP contribution < -0.4 is 5.32 Å². The van der Waals surface area contributed by atoms with Crippen LogP contribution in [0.3, 0.4) is 0 Å². The number of hydrogen-bond acceptors (Lipinski definition) is 3.